The molecule has 0 aliphatic carbocycles. The Morgan fingerprint density at radius 3 is 2.17 bits per heavy atom. The lowest BCUT2D eigenvalue weighted by atomic mass is 10.0. The molecule has 1 aromatic heterocycles. The second-order valence-electron chi connectivity index (χ2n) is 9.06. The third-order valence-electron chi connectivity index (χ3n) is 6.04. The van der Waals surface area contributed by atoms with E-state index in [1.54, 1.807) is 6.92 Å². The van der Waals surface area contributed by atoms with Crippen LogP contribution in [0.1, 0.15) is 16.8 Å². The Labute approximate surface area is 232 Å². The van der Waals surface area contributed by atoms with Crippen LogP contribution in [0.3, 0.4) is 0 Å². The number of aromatic nitrogens is 1. The molecule has 0 unspecified atom stereocenters. The Hall–Kier alpha value is -4.48. The third kappa shape index (κ3) is 8.26. The summed E-state index contributed by atoms with van der Waals surface area (Å²) in [6.45, 7) is 1.82. The summed E-state index contributed by atoms with van der Waals surface area (Å²) < 4.78 is 41.1. The van der Waals surface area contributed by atoms with Crippen molar-refractivity contribution in [2.45, 2.75) is 19.8 Å². The van der Waals surface area contributed by atoms with Gasteiger partial charge in [-0.1, -0.05) is 84.0 Å². The molecule has 0 saturated carbocycles. The normalized spacial score (nSPS) is 11.2. The lowest BCUT2D eigenvalue weighted by Gasteiger charge is -2.09. The largest absolute Gasteiger partial charge is 0.449 e. The number of aryl methyl sites for hydroxylation is 1. The van der Waals surface area contributed by atoms with Crippen molar-refractivity contribution < 1.29 is 31.8 Å². The van der Waals surface area contributed by atoms with Gasteiger partial charge in [-0.3, -0.25) is 14.7 Å². The number of nitrogens with zero attached hydrogens (tertiary/aromatic N) is 1. The molecule has 4 aromatic rings. The number of ether oxygens (including phenoxy) is 1. The fraction of sp³-hybridized carbons (Fsp3) is 0.207. The van der Waals surface area contributed by atoms with Crippen LogP contribution in [-0.2, 0) is 32.5 Å². The predicted molar refractivity (Wildman–Crippen MR) is 150 cm³/mol. The Morgan fingerprint density at radius 1 is 0.900 bits per heavy atom. The van der Waals surface area contributed by atoms with E-state index in [0.29, 0.717) is 23.6 Å². The van der Waals surface area contributed by atoms with E-state index in [2.05, 4.69) is 15.8 Å². The number of amides is 2. The van der Waals surface area contributed by atoms with E-state index in [1.165, 1.54) is 0 Å². The minimum Gasteiger partial charge on any atom is -0.449 e. The highest BCUT2D eigenvalue weighted by atomic mass is 32.2. The fourth-order valence-electron chi connectivity index (χ4n) is 3.95. The van der Waals surface area contributed by atoms with Gasteiger partial charge in [0.25, 0.3) is 10.1 Å². The molecule has 0 spiro atoms. The van der Waals surface area contributed by atoms with Crippen LogP contribution >= 0.6 is 0 Å². The van der Waals surface area contributed by atoms with Crippen molar-refractivity contribution in [1.82, 2.24) is 10.5 Å². The molecule has 208 valence electrons. The highest BCUT2D eigenvalue weighted by molar-refractivity contribution is 7.85. The van der Waals surface area contributed by atoms with Gasteiger partial charge >= 0.3 is 6.09 Å². The van der Waals surface area contributed by atoms with E-state index in [4.69, 9.17) is 13.8 Å². The number of hydrogen-bond acceptors (Lipinski definition) is 7. The van der Waals surface area contributed by atoms with Crippen molar-refractivity contribution >= 4 is 27.8 Å². The lowest BCUT2D eigenvalue weighted by molar-refractivity contribution is -0.120. The van der Waals surface area contributed by atoms with Gasteiger partial charge < -0.3 is 14.6 Å². The summed E-state index contributed by atoms with van der Waals surface area (Å²) in [5.74, 6) is -0.454. The van der Waals surface area contributed by atoms with E-state index in [0.717, 1.165) is 27.8 Å². The molecule has 0 radical (unpaired) electrons. The van der Waals surface area contributed by atoms with E-state index in [-0.39, 0.29) is 25.5 Å². The third-order valence-corrected chi connectivity index (χ3v) is 6.76. The van der Waals surface area contributed by atoms with Gasteiger partial charge in [0.05, 0.1) is 18.8 Å². The standard InChI is InChI=1S/C29H29N3O7S/c1-20-27(31-29(34)38-17-15-21-5-3-2-4-6-21)28(39-32-20)25-13-11-24(12-14-25)23-9-7-22(8-10-23)19-26(33)30-16-18-40(35,36)37/h2-14H,15-19H2,1H3,(H,30,33)(H,31,34)(H,35,36,37). The number of carbonyl (C=O) groups excluding carboxylic acids is 2. The lowest BCUT2D eigenvalue weighted by Crippen LogP contribution is -2.30. The summed E-state index contributed by atoms with van der Waals surface area (Å²) in [4.78, 5) is 24.4. The predicted octanol–water partition coefficient (Wildman–Crippen LogP) is 4.65. The Morgan fingerprint density at radius 2 is 1.52 bits per heavy atom. The van der Waals surface area contributed by atoms with Crippen LogP contribution in [-0.4, -0.2) is 49.0 Å². The van der Waals surface area contributed by atoms with E-state index >= 15 is 0 Å². The van der Waals surface area contributed by atoms with Gasteiger partial charge in [0.15, 0.2) is 5.76 Å². The van der Waals surface area contributed by atoms with Gasteiger partial charge in [-0.15, -0.1) is 0 Å². The second-order valence-corrected chi connectivity index (χ2v) is 10.6. The van der Waals surface area contributed by atoms with Crippen LogP contribution in [0.25, 0.3) is 22.5 Å². The van der Waals surface area contributed by atoms with E-state index in [1.807, 2.05) is 78.9 Å². The van der Waals surface area contributed by atoms with E-state index in [9.17, 15) is 18.0 Å². The molecule has 0 fully saturated rings. The van der Waals surface area contributed by atoms with Crippen LogP contribution in [0.15, 0.2) is 83.4 Å². The number of benzene rings is 3. The first-order valence-electron chi connectivity index (χ1n) is 12.5. The zero-order valence-electron chi connectivity index (χ0n) is 21.8. The van der Waals surface area contributed by atoms with E-state index < -0.39 is 22.0 Å². The molecule has 3 N–H and O–H groups in total. The molecule has 0 aliphatic heterocycles. The molecule has 4 rings (SSSR count). The van der Waals surface area contributed by atoms with Gasteiger partial charge in [0.2, 0.25) is 5.91 Å². The van der Waals surface area contributed by atoms with Crippen molar-refractivity contribution in [3.63, 3.8) is 0 Å². The topological polar surface area (TPSA) is 148 Å². The highest BCUT2D eigenvalue weighted by Crippen LogP contribution is 2.32. The minimum atomic E-state index is -4.12. The average molecular weight is 564 g/mol. The van der Waals surface area contributed by atoms with Crippen molar-refractivity contribution in [3.05, 3.63) is 95.7 Å². The first-order valence-corrected chi connectivity index (χ1v) is 14.1. The van der Waals surface area contributed by atoms with Crippen molar-refractivity contribution in [2.24, 2.45) is 0 Å². The number of carbonyl (C=O) groups is 2. The molecular formula is C29H29N3O7S. The summed E-state index contributed by atoms with van der Waals surface area (Å²) in [6, 6.07) is 24.7. The SMILES string of the molecule is Cc1noc(-c2ccc(-c3ccc(CC(=O)NCCS(=O)(=O)O)cc3)cc2)c1NC(=O)OCCc1ccccc1. The molecular weight excluding hydrogens is 534 g/mol. The Kier molecular flexibility index (Phi) is 9.31. The molecule has 1 heterocycles. The van der Waals surface area contributed by atoms with Crippen LogP contribution in [0.2, 0.25) is 0 Å². The first-order chi connectivity index (χ1) is 19.2. The van der Waals surface area contributed by atoms with Gasteiger partial charge in [-0.2, -0.15) is 8.42 Å². The Bertz CT molecular complexity index is 1550. The maximum Gasteiger partial charge on any atom is 0.411 e. The number of rotatable bonds is 11. The van der Waals surface area contributed by atoms with Crippen LogP contribution < -0.4 is 10.6 Å². The summed E-state index contributed by atoms with van der Waals surface area (Å²) in [5.41, 5.74) is 5.38. The number of nitrogens with one attached hydrogen (secondary N) is 2. The molecule has 0 saturated heterocycles. The molecule has 40 heavy (non-hydrogen) atoms. The van der Waals surface area contributed by atoms with Crippen molar-refractivity contribution in [2.75, 3.05) is 24.2 Å². The molecule has 2 amide bonds. The van der Waals surface area contributed by atoms with Crippen LogP contribution in [0, 0.1) is 6.92 Å². The van der Waals surface area contributed by atoms with Gasteiger partial charge in [-0.25, -0.2) is 4.79 Å². The molecule has 0 bridgehead atoms. The zero-order chi connectivity index (χ0) is 28.5. The maximum absolute atomic E-state index is 12.4. The smallest absolute Gasteiger partial charge is 0.411 e. The second kappa shape index (κ2) is 13.0. The molecule has 11 heteroatoms. The van der Waals surface area contributed by atoms with Gasteiger partial charge in [0, 0.05) is 18.5 Å². The summed E-state index contributed by atoms with van der Waals surface area (Å²) >= 11 is 0. The zero-order valence-corrected chi connectivity index (χ0v) is 22.6. The molecule has 3 aromatic carbocycles. The summed E-state index contributed by atoms with van der Waals surface area (Å²) in [5, 5.41) is 9.20. The average Bonchev–Trinajstić information content (AvgIpc) is 3.28. The first kappa shape index (κ1) is 28.5. The molecule has 10 nitrogen and oxygen atoms in total. The van der Waals surface area contributed by atoms with Crippen molar-refractivity contribution in [3.8, 4) is 22.5 Å². The minimum absolute atomic E-state index is 0.0833. The van der Waals surface area contributed by atoms with Crippen LogP contribution in [0.5, 0.6) is 0 Å². The maximum atomic E-state index is 12.4. The summed E-state index contributed by atoms with van der Waals surface area (Å²) in [6.07, 6.45) is 0.100. The number of hydrogen-bond donors (Lipinski definition) is 3. The Balaban J connectivity index is 1.34. The number of anilines is 1. The van der Waals surface area contributed by atoms with Gasteiger partial charge in [0.1, 0.15) is 11.4 Å². The monoisotopic (exact) mass is 563 g/mol. The quantitative estimate of drug-likeness (QED) is 0.223. The molecule has 0 atom stereocenters. The van der Waals surface area contributed by atoms with Gasteiger partial charge in [-0.05, 0) is 29.2 Å². The summed E-state index contributed by atoms with van der Waals surface area (Å²) in [7, 11) is -4.12. The van der Waals surface area contributed by atoms with Crippen molar-refractivity contribution in [1.29, 1.82) is 0 Å². The van der Waals surface area contributed by atoms with Crippen LogP contribution in [0.4, 0.5) is 10.5 Å². The fourth-order valence-corrected chi connectivity index (χ4v) is 4.31. The highest BCUT2D eigenvalue weighted by Gasteiger charge is 2.18. The molecule has 0 aliphatic rings.